The van der Waals surface area contributed by atoms with Crippen LogP contribution in [0, 0.1) is 0 Å². The molecule has 3 aliphatic rings. The molecule has 0 radical (unpaired) electrons. The van der Waals surface area contributed by atoms with Gasteiger partial charge in [-0.3, -0.25) is 19.2 Å². The number of thiocarbonyl (C=S) groups is 1. The van der Waals surface area contributed by atoms with Crippen molar-refractivity contribution >= 4 is 46.5 Å². The van der Waals surface area contributed by atoms with Gasteiger partial charge in [0.25, 0.3) is 5.91 Å². The summed E-state index contributed by atoms with van der Waals surface area (Å²) in [6.45, 7) is 1.91. The summed E-state index contributed by atoms with van der Waals surface area (Å²) < 4.78 is 10.8. The normalized spacial score (nSPS) is 17.2. The quantitative estimate of drug-likeness (QED) is 0.363. The molecule has 2 heterocycles. The number of unbranched alkanes of at least 4 members (excludes halogenated alkanes) is 1. The molecule has 1 aliphatic carbocycles. The number of hydrogen-bond acceptors (Lipinski definition) is 7. The van der Waals surface area contributed by atoms with Crippen molar-refractivity contribution in [1.82, 2.24) is 10.2 Å². The fourth-order valence-corrected chi connectivity index (χ4v) is 5.68. The van der Waals surface area contributed by atoms with Crippen LogP contribution in [0.5, 0.6) is 11.5 Å². The summed E-state index contributed by atoms with van der Waals surface area (Å²) in [6, 6.07) is 9.93. The van der Waals surface area contributed by atoms with E-state index >= 15 is 0 Å². The van der Waals surface area contributed by atoms with E-state index in [9.17, 15) is 24.3 Å². The van der Waals surface area contributed by atoms with E-state index in [0.717, 1.165) is 16.9 Å². The molecule has 43 heavy (non-hydrogen) atoms. The van der Waals surface area contributed by atoms with Crippen molar-refractivity contribution in [3.63, 3.8) is 0 Å². The smallest absolute Gasteiger partial charge is 0.305 e. The lowest BCUT2D eigenvalue weighted by Gasteiger charge is -2.31. The second-order valence-electron chi connectivity index (χ2n) is 10.6. The second-order valence-corrected chi connectivity index (χ2v) is 11.1. The molecule has 0 saturated heterocycles. The van der Waals surface area contributed by atoms with E-state index in [1.165, 1.54) is 4.90 Å². The van der Waals surface area contributed by atoms with E-state index in [2.05, 4.69) is 5.32 Å². The number of ether oxygens (including phenoxy) is 2. The Morgan fingerprint density at radius 3 is 2.67 bits per heavy atom. The van der Waals surface area contributed by atoms with E-state index < -0.39 is 36.3 Å². The Morgan fingerprint density at radius 1 is 1.12 bits per heavy atom. The molecule has 0 saturated carbocycles. The summed E-state index contributed by atoms with van der Waals surface area (Å²) in [5.74, 6) is -1.45. The fourth-order valence-electron chi connectivity index (χ4n) is 5.45. The van der Waals surface area contributed by atoms with E-state index in [-0.39, 0.29) is 25.8 Å². The van der Waals surface area contributed by atoms with Crippen LogP contribution in [-0.2, 0) is 14.4 Å². The van der Waals surface area contributed by atoms with Crippen LogP contribution in [0.25, 0.3) is 0 Å². The van der Waals surface area contributed by atoms with Gasteiger partial charge in [0, 0.05) is 11.3 Å². The minimum atomic E-state index is -1.11. The summed E-state index contributed by atoms with van der Waals surface area (Å²) in [5.41, 5.74) is 2.10. The standard InChI is InChI=1S/C32H33N3O7S/c1-2-3-10-25(31(39)33-23(16-30(37)38)20-13-14-26-27(15-20)42-19-41-26)35-18-29(36)34(17-21-8-4-7-12-28(21)43)24-11-6-5-9-22(24)32(35)40/h4-9,11,13-15,23,25H,2-3,10,12,16-19H2,1H3,(H,33,39)(H,37,38)/t23-,25-/m0/s1. The summed E-state index contributed by atoms with van der Waals surface area (Å²) >= 11 is 5.53. The molecule has 0 bridgehead atoms. The Hall–Kier alpha value is -4.51. The molecule has 2 atom stereocenters. The highest BCUT2D eigenvalue weighted by Crippen LogP contribution is 2.35. The molecule has 3 amide bonds. The number of carboxylic acids is 1. The van der Waals surface area contributed by atoms with Crippen LogP contribution in [0.15, 0.2) is 66.3 Å². The predicted octanol–water partition coefficient (Wildman–Crippen LogP) is 4.35. The Morgan fingerprint density at radius 2 is 1.91 bits per heavy atom. The van der Waals surface area contributed by atoms with Gasteiger partial charge in [0.15, 0.2) is 11.5 Å². The van der Waals surface area contributed by atoms with Crippen LogP contribution in [0.3, 0.4) is 0 Å². The predicted molar refractivity (Wildman–Crippen MR) is 163 cm³/mol. The summed E-state index contributed by atoms with van der Waals surface area (Å²) in [5, 5.41) is 12.5. The number of hydrogen-bond donors (Lipinski definition) is 2. The Bertz CT molecular complexity index is 1520. The molecule has 2 aromatic carbocycles. The lowest BCUT2D eigenvalue weighted by molar-refractivity contribution is -0.138. The molecule has 2 aliphatic heterocycles. The molecular formula is C32H33N3O7S. The minimum Gasteiger partial charge on any atom is -0.481 e. The van der Waals surface area contributed by atoms with Crippen molar-refractivity contribution in [3.8, 4) is 11.5 Å². The van der Waals surface area contributed by atoms with E-state index in [4.69, 9.17) is 21.7 Å². The van der Waals surface area contributed by atoms with Gasteiger partial charge in [-0.2, -0.15) is 0 Å². The summed E-state index contributed by atoms with van der Waals surface area (Å²) in [7, 11) is 0. The molecule has 5 rings (SSSR count). The second kappa shape index (κ2) is 13.2. The molecule has 0 unspecified atom stereocenters. The SMILES string of the molecule is CCCC[C@@H](C(=O)N[C@@H](CC(=O)O)c1ccc2c(c1)OCO2)N1CC(=O)N(CC2=CC=CCC2=S)c2ccccc2C1=O. The zero-order valence-corrected chi connectivity index (χ0v) is 24.6. The van der Waals surface area contributed by atoms with E-state index in [1.807, 2.05) is 25.2 Å². The number of carbonyl (C=O) groups is 4. The van der Waals surface area contributed by atoms with Gasteiger partial charge >= 0.3 is 5.97 Å². The number of nitrogens with zero attached hydrogens (tertiary/aromatic N) is 2. The number of rotatable bonds is 11. The van der Waals surface area contributed by atoms with Crippen molar-refractivity contribution in [2.75, 3.05) is 24.8 Å². The Labute approximate surface area is 254 Å². The van der Waals surface area contributed by atoms with Crippen LogP contribution >= 0.6 is 12.2 Å². The van der Waals surface area contributed by atoms with Crippen molar-refractivity contribution in [1.29, 1.82) is 0 Å². The molecular weight excluding hydrogens is 570 g/mol. The van der Waals surface area contributed by atoms with Crippen LogP contribution in [-0.4, -0.2) is 64.5 Å². The number of carbonyl (C=O) groups excluding carboxylic acids is 3. The van der Waals surface area contributed by atoms with Crippen LogP contribution in [0.1, 0.15) is 61.0 Å². The Kier molecular flexibility index (Phi) is 9.20. The number of aliphatic carboxylic acids is 1. The number of fused-ring (bicyclic) bond motifs is 2. The zero-order valence-electron chi connectivity index (χ0n) is 23.8. The van der Waals surface area contributed by atoms with E-state index in [0.29, 0.717) is 47.6 Å². The maximum absolute atomic E-state index is 14.0. The van der Waals surface area contributed by atoms with Crippen LogP contribution in [0.2, 0.25) is 0 Å². The first-order chi connectivity index (χ1) is 20.8. The maximum atomic E-state index is 14.0. The highest BCUT2D eigenvalue weighted by molar-refractivity contribution is 7.80. The van der Waals surface area contributed by atoms with Crippen LogP contribution < -0.4 is 19.7 Å². The number of anilines is 1. The van der Waals surface area contributed by atoms with Gasteiger partial charge in [-0.05, 0) is 41.8 Å². The first-order valence-corrected chi connectivity index (χ1v) is 14.7. The molecule has 0 fully saturated rings. The van der Waals surface area contributed by atoms with Crippen molar-refractivity contribution in [2.45, 2.75) is 51.1 Å². The summed E-state index contributed by atoms with van der Waals surface area (Å²) in [4.78, 5) is 57.2. The van der Waals surface area contributed by atoms with Gasteiger partial charge in [0.1, 0.15) is 12.6 Å². The molecule has 0 spiro atoms. The lowest BCUT2D eigenvalue weighted by atomic mass is 10.0. The van der Waals surface area contributed by atoms with Gasteiger partial charge in [0.2, 0.25) is 18.6 Å². The highest BCUT2D eigenvalue weighted by Gasteiger charge is 2.39. The largest absolute Gasteiger partial charge is 0.481 e. The zero-order chi connectivity index (χ0) is 30.5. The number of allylic oxidation sites excluding steroid dienone is 3. The van der Waals surface area contributed by atoms with Crippen molar-refractivity contribution in [2.24, 2.45) is 0 Å². The number of para-hydroxylation sites is 1. The third-order valence-corrected chi connectivity index (χ3v) is 8.15. The first kappa shape index (κ1) is 30.0. The number of nitrogens with one attached hydrogen (secondary N) is 1. The van der Waals surface area contributed by atoms with Gasteiger partial charge in [-0.15, -0.1) is 0 Å². The van der Waals surface area contributed by atoms with Gasteiger partial charge in [0.05, 0.1) is 30.3 Å². The number of carboxylic acid groups (broad SMARTS) is 1. The average Bonchev–Trinajstić information content (AvgIpc) is 3.44. The van der Waals surface area contributed by atoms with Crippen molar-refractivity contribution in [3.05, 3.63) is 77.4 Å². The summed E-state index contributed by atoms with van der Waals surface area (Å²) in [6.07, 6.45) is 7.61. The molecule has 11 heteroatoms. The van der Waals surface area contributed by atoms with Gasteiger partial charge in [-0.1, -0.05) is 68.4 Å². The maximum Gasteiger partial charge on any atom is 0.305 e. The average molecular weight is 604 g/mol. The molecule has 2 aromatic rings. The van der Waals surface area contributed by atoms with Crippen molar-refractivity contribution < 1.29 is 33.8 Å². The first-order valence-electron chi connectivity index (χ1n) is 14.3. The minimum absolute atomic E-state index is 0.0528. The molecule has 0 aromatic heterocycles. The Balaban J connectivity index is 1.45. The fraction of sp³-hybridized carbons (Fsp3) is 0.344. The number of amides is 3. The van der Waals surface area contributed by atoms with Gasteiger partial charge < -0.3 is 29.7 Å². The molecule has 10 nitrogen and oxygen atoms in total. The van der Waals surface area contributed by atoms with Gasteiger partial charge in [-0.25, -0.2) is 0 Å². The lowest BCUT2D eigenvalue weighted by Crippen LogP contribution is -2.52. The monoisotopic (exact) mass is 603 g/mol. The third-order valence-electron chi connectivity index (χ3n) is 7.72. The van der Waals surface area contributed by atoms with Crippen LogP contribution in [0.4, 0.5) is 5.69 Å². The number of benzene rings is 2. The molecule has 224 valence electrons. The molecule has 2 N–H and O–H groups in total. The highest BCUT2D eigenvalue weighted by atomic mass is 32.1. The van der Waals surface area contributed by atoms with E-state index in [1.54, 1.807) is 47.4 Å². The third kappa shape index (κ3) is 6.61. The topological polar surface area (TPSA) is 125 Å².